The first-order chi connectivity index (χ1) is 12.1. The van der Waals surface area contributed by atoms with Gasteiger partial charge in [0.2, 0.25) is 15.9 Å². The van der Waals surface area contributed by atoms with Crippen LogP contribution < -0.4 is 9.46 Å². The molecular weight excluding hydrogens is 336 g/mol. The maximum Gasteiger partial charge on any atom is 0.223 e. The van der Waals surface area contributed by atoms with Crippen LogP contribution in [0.4, 0.5) is 0 Å². The van der Waals surface area contributed by atoms with E-state index in [-0.39, 0.29) is 12.3 Å². The molecule has 0 saturated heterocycles. The van der Waals surface area contributed by atoms with Crippen molar-refractivity contribution in [3.05, 3.63) is 90.1 Å². The summed E-state index contributed by atoms with van der Waals surface area (Å²) in [7, 11) is -3.46. The third kappa shape index (κ3) is 5.14. The Balaban J connectivity index is 1.69. The number of nitrogens with zero attached hydrogens (tertiary/aromatic N) is 1. The maximum absolute atomic E-state index is 12.3. The van der Waals surface area contributed by atoms with E-state index in [1.54, 1.807) is 30.5 Å². The van der Waals surface area contributed by atoms with Crippen molar-refractivity contribution in [2.45, 2.75) is 12.3 Å². The van der Waals surface area contributed by atoms with Gasteiger partial charge in [0.1, 0.15) is 5.75 Å². The number of pyridine rings is 1. The summed E-state index contributed by atoms with van der Waals surface area (Å²) < 4.78 is 32.9. The Hall–Kier alpha value is -2.70. The summed E-state index contributed by atoms with van der Waals surface area (Å²) in [5.41, 5.74) is 1.41. The molecule has 0 fully saturated rings. The van der Waals surface area contributed by atoms with E-state index in [0.717, 1.165) is 5.56 Å². The van der Waals surface area contributed by atoms with Gasteiger partial charge in [-0.2, -0.15) is 0 Å². The smallest absolute Gasteiger partial charge is 0.223 e. The van der Waals surface area contributed by atoms with E-state index in [1.165, 1.54) is 0 Å². The zero-order valence-corrected chi connectivity index (χ0v) is 14.3. The molecule has 2 aromatic carbocycles. The highest BCUT2D eigenvalue weighted by molar-refractivity contribution is 7.88. The molecule has 5 nitrogen and oxygen atoms in total. The molecule has 0 bridgehead atoms. The number of aromatic nitrogens is 1. The van der Waals surface area contributed by atoms with Crippen molar-refractivity contribution >= 4 is 10.0 Å². The second-order valence-electron chi connectivity index (χ2n) is 5.45. The molecule has 0 amide bonds. The fraction of sp³-hybridized carbons (Fsp3) is 0.105. The van der Waals surface area contributed by atoms with Gasteiger partial charge < -0.3 is 4.74 Å². The summed E-state index contributed by atoms with van der Waals surface area (Å²) in [6.45, 7) is 0.116. The van der Waals surface area contributed by atoms with E-state index in [9.17, 15) is 8.42 Å². The minimum absolute atomic E-state index is 0.0665. The van der Waals surface area contributed by atoms with Crippen LogP contribution in [0.3, 0.4) is 0 Å². The van der Waals surface area contributed by atoms with Crippen molar-refractivity contribution in [1.82, 2.24) is 9.71 Å². The van der Waals surface area contributed by atoms with Crippen LogP contribution in [0.2, 0.25) is 0 Å². The van der Waals surface area contributed by atoms with Gasteiger partial charge in [0.05, 0.1) is 5.75 Å². The zero-order valence-electron chi connectivity index (χ0n) is 13.5. The number of hydrogen-bond acceptors (Lipinski definition) is 4. The lowest BCUT2D eigenvalue weighted by molar-refractivity contribution is 0.455. The first-order valence-corrected chi connectivity index (χ1v) is 9.46. The van der Waals surface area contributed by atoms with Gasteiger partial charge in [-0.15, -0.1) is 0 Å². The van der Waals surface area contributed by atoms with Gasteiger partial charge in [0, 0.05) is 18.3 Å². The lowest BCUT2D eigenvalue weighted by Crippen LogP contribution is -2.25. The molecule has 0 unspecified atom stereocenters. The summed E-state index contributed by atoms with van der Waals surface area (Å²) in [5, 5.41) is 0. The molecule has 25 heavy (non-hydrogen) atoms. The van der Waals surface area contributed by atoms with E-state index < -0.39 is 10.0 Å². The summed E-state index contributed by atoms with van der Waals surface area (Å²) >= 11 is 0. The predicted octanol–water partition coefficient (Wildman–Crippen LogP) is 3.49. The SMILES string of the molecule is O=S(=O)(Cc1ccccc1)NCc1cccnc1Oc1ccccc1. The van der Waals surface area contributed by atoms with Crippen molar-refractivity contribution in [3.63, 3.8) is 0 Å². The molecule has 0 saturated carbocycles. The maximum atomic E-state index is 12.3. The Kier molecular flexibility index (Phi) is 5.42. The summed E-state index contributed by atoms with van der Waals surface area (Å²) in [6, 6.07) is 21.8. The van der Waals surface area contributed by atoms with Crippen LogP contribution in [0.1, 0.15) is 11.1 Å². The Labute approximate surface area is 147 Å². The lowest BCUT2D eigenvalue weighted by atomic mass is 10.2. The monoisotopic (exact) mass is 354 g/mol. The standard InChI is InChI=1S/C19H18N2O3S/c22-25(23,15-16-8-3-1-4-9-16)21-14-17-10-7-13-20-19(17)24-18-11-5-2-6-12-18/h1-13,21H,14-15H2. The van der Waals surface area contributed by atoms with Crippen molar-refractivity contribution in [2.75, 3.05) is 0 Å². The van der Waals surface area contributed by atoms with Crippen LogP contribution in [0.15, 0.2) is 79.0 Å². The molecule has 0 aliphatic rings. The zero-order chi connectivity index (χ0) is 17.5. The first-order valence-electron chi connectivity index (χ1n) is 7.80. The van der Waals surface area contributed by atoms with Crippen molar-refractivity contribution in [2.24, 2.45) is 0 Å². The second-order valence-corrected chi connectivity index (χ2v) is 7.26. The number of hydrogen-bond donors (Lipinski definition) is 1. The molecule has 0 aliphatic heterocycles. The molecule has 0 atom stereocenters. The third-order valence-electron chi connectivity index (χ3n) is 3.49. The van der Waals surface area contributed by atoms with Crippen LogP contribution in [0, 0.1) is 0 Å². The lowest BCUT2D eigenvalue weighted by Gasteiger charge is -2.11. The number of sulfonamides is 1. The number of ether oxygens (including phenoxy) is 1. The number of nitrogens with one attached hydrogen (secondary N) is 1. The fourth-order valence-electron chi connectivity index (χ4n) is 2.28. The van der Waals surface area contributed by atoms with Gasteiger partial charge in [-0.25, -0.2) is 18.1 Å². The van der Waals surface area contributed by atoms with Gasteiger partial charge in [-0.1, -0.05) is 54.6 Å². The molecule has 3 aromatic rings. The highest BCUT2D eigenvalue weighted by atomic mass is 32.2. The summed E-state index contributed by atoms with van der Waals surface area (Å²) in [6.07, 6.45) is 1.61. The Bertz CT molecular complexity index is 914. The van der Waals surface area contributed by atoms with Gasteiger partial charge in [0.15, 0.2) is 0 Å². The number of rotatable bonds is 7. The molecule has 1 heterocycles. The molecule has 0 radical (unpaired) electrons. The van der Waals surface area contributed by atoms with Crippen LogP contribution in [-0.4, -0.2) is 13.4 Å². The number of para-hydroxylation sites is 1. The minimum atomic E-state index is -3.46. The van der Waals surface area contributed by atoms with E-state index in [4.69, 9.17) is 4.74 Å². The van der Waals surface area contributed by atoms with Gasteiger partial charge >= 0.3 is 0 Å². The highest BCUT2D eigenvalue weighted by Crippen LogP contribution is 2.22. The molecular formula is C19H18N2O3S. The normalized spacial score (nSPS) is 11.2. The van der Waals surface area contributed by atoms with Crippen LogP contribution in [0.5, 0.6) is 11.6 Å². The second kappa shape index (κ2) is 7.92. The van der Waals surface area contributed by atoms with E-state index in [1.807, 2.05) is 48.5 Å². The average Bonchev–Trinajstić information content (AvgIpc) is 2.62. The van der Waals surface area contributed by atoms with Crippen molar-refractivity contribution in [3.8, 4) is 11.6 Å². The third-order valence-corrected chi connectivity index (χ3v) is 4.79. The van der Waals surface area contributed by atoms with E-state index in [0.29, 0.717) is 17.2 Å². The van der Waals surface area contributed by atoms with Crippen LogP contribution in [0.25, 0.3) is 0 Å². The molecule has 0 aliphatic carbocycles. The van der Waals surface area contributed by atoms with Crippen molar-refractivity contribution in [1.29, 1.82) is 0 Å². The summed E-state index contributed by atoms with van der Waals surface area (Å²) in [5.74, 6) is 0.967. The molecule has 3 rings (SSSR count). The Morgan fingerprint density at radius 1 is 0.880 bits per heavy atom. The number of benzene rings is 2. The molecule has 1 aromatic heterocycles. The Morgan fingerprint density at radius 3 is 2.28 bits per heavy atom. The molecule has 128 valence electrons. The fourth-order valence-corrected chi connectivity index (χ4v) is 3.39. The predicted molar refractivity (Wildman–Crippen MR) is 96.7 cm³/mol. The minimum Gasteiger partial charge on any atom is -0.439 e. The summed E-state index contributed by atoms with van der Waals surface area (Å²) in [4.78, 5) is 4.20. The van der Waals surface area contributed by atoms with Gasteiger partial charge in [0.25, 0.3) is 0 Å². The topological polar surface area (TPSA) is 68.3 Å². The quantitative estimate of drug-likeness (QED) is 0.705. The van der Waals surface area contributed by atoms with Gasteiger partial charge in [-0.3, -0.25) is 0 Å². The van der Waals surface area contributed by atoms with E-state index in [2.05, 4.69) is 9.71 Å². The molecule has 0 spiro atoms. The first kappa shape index (κ1) is 17.1. The van der Waals surface area contributed by atoms with Crippen LogP contribution >= 0.6 is 0 Å². The molecule has 1 N–H and O–H groups in total. The average molecular weight is 354 g/mol. The highest BCUT2D eigenvalue weighted by Gasteiger charge is 2.13. The van der Waals surface area contributed by atoms with Crippen LogP contribution in [-0.2, 0) is 22.3 Å². The molecule has 6 heteroatoms. The largest absolute Gasteiger partial charge is 0.439 e. The van der Waals surface area contributed by atoms with E-state index >= 15 is 0 Å². The van der Waals surface area contributed by atoms with Crippen molar-refractivity contribution < 1.29 is 13.2 Å². The van der Waals surface area contributed by atoms with Gasteiger partial charge in [-0.05, 0) is 23.8 Å². The Morgan fingerprint density at radius 2 is 1.56 bits per heavy atom.